The zero-order valence-electron chi connectivity index (χ0n) is 19.8. The fourth-order valence-corrected chi connectivity index (χ4v) is 4.99. The normalized spacial score (nSPS) is 17.7. The van der Waals surface area contributed by atoms with Crippen molar-refractivity contribution < 1.29 is 27.5 Å². The van der Waals surface area contributed by atoms with E-state index in [4.69, 9.17) is 0 Å². The highest BCUT2D eigenvalue weighted by molar-refractivity contribution is 14.1. The van der Waals surface area contributed by atoms with E-state index >= 15 is 0 Å². The summed E-state index contributed by atoms with van der Waals surface area (Å²) in [4.78, 5) is 37.2. The second-order valence-corrected chi connectivity index (χ2v) is 9.84. The van der Waals surface area contributed by atoms with Gasteiger partial charge in [-0.25, -0.2) is 9.48 Å². The molecule has 1 N–H and O–H groups in total. The number of alkyl halides is 3. The Labute approximate surface area is 223 Å². The highest BCUT2D eigenvalue weighted by Crippen LogP contribution is 2.42. The quantitative estimate of drug-likeness (QED) is 0.172. The van der Waals surface area contributed by atoms with Crippen LogP contribution in [0.4, 0.5) is 19.0 Å². The van der Waals surface area contributed by atoms with Crippen LogP contribution in [-0.4, -0.2) is 35.3 Å². The molecule has 0 bridgehead atoms. The molecule has 2 aromatic carbocycles. The molecule has 1 aromatic heterocycles. The lowest BCUT2D eigenvalue weighted by molar-refractivity contribution is -0.141. The van der Waals surface area contributed by atoms with Crippen LogP contribution in [-0.2, 0) is 24.0 Å². The Morgan fingerprint density at radius 3 is 2.54 bits per heavy atom. The number of amides is 1. The lowest BCUT2D eigenvalue weighted by atomic mass is 10.1. The van der Waals surface area contributed by atoms with Gasteiger partial charge in [-0.05, 0) is 59.3 Å². The first-order valence-corrected chi connectivity index (χ1v) is 12.2. The molecule has 37 heavy (non-hydrogen) atoms. The summed E-state index contributed by atoms with van der Waals surface area (Å²) in [6.07, 6.45) is -4.93. The maximum absolute atomic E-state index is 14.0. The van der Waals surface area contributed by atoms with Gasteiger partial charge in [0.15, 0.2) is 16.5 Å². The molecule has 3 aromatic rings. The highest BCUT2D eigenvalue weighted by atomic mass is 127. The van der Waals surface area contributed by atoms with Crippen molar-refractivity contribution >= 4 is 40.3 Å². The van der Waals surface area contributed by atoms with E-state index in [1.165, 1.54) is 19.2 Å². The van der Waals surface area contributed by atoms with E-state index in [0.717, 1.165) is 8.25 Å². The van der Waals surface area contributed by atoms with E-state index in [0.29, 0.717) is 11.1 Å². The molecular formula is C24H22F3IN5O4+. The van der Waals surface area contributed by atoms with Crippen molar-refractivity contribution in [2.45, 2.75) is 32.2 Å². The molecule has 0 radical (unpaired) electrons. The van der Waals surface area contributed by atoms with Crippen LogP contribution < -0.4 is 9.91 Å². The minimum Gasteiger partial charge on any atom is -0.465 e. The van der Waals surface area contributed by atoms with Crippen molar-refractivity contribution in [3.05, 3.63) is 85.0 Å². The highest BCUT2D eigenvalue weighted by Gasteiger charge is 2.53. The molecule has 13 heteroatoms. The van der Waals surface area contributed by atoms with E-state index in [1.807, 2.05) is 6.07 Å². The third kappa shape index (κ3) is 5.23. The fourth-order valence-electron chi connectivity index (χ4n) is 4.38. The van der Waals surface area contributed by atoms with E-state index in [9.17, 15) is 27.7 Å². The molecule has 0 spiro atoms. The lowest BCUT2D eigenvalue weighted by Crippen LogP contribution is -2.42. The first-order chi connectivity index (χ1) is 17.5. The van der Waals surface area contributed by atoms with Crippen molar-refractivity contribution in [1.29, 1.82) is 0 Å². The molecule has 1 unspecified atom stereocenters. The zero-order valence-corrected chi connectivity index (χ0v) is 21.9. The molecule has 0 fully saturated rings. The van der Waals surface area contributed by atoms with Crippen molar-refractivity contribution in [3.8, 4) is 0 Å². The number of nitrogens with zero attached hydrogens (tertiary/aromatic N) is 4. The number of benzene rings is 2. The molecule has 0 aliphatic carbocycles. The van der Waals surface area contributed by atoms with Crippen LogP contribution in [0.2, 0.25) is 0 Å². The first-order valence-electron chi connectivity index (χ1n) is 11.1. The summed E-state index contributed by atoms with van der Waals surface area (Å²) in [5.41, 5.74) is -0.588. The summed E-state index contributed by atoms with van der Waals surface area (Å²) in [6.45, 7) is 1.61. The number of rotatable bonds is 7. The topological polar surface area (TPSA) is 103 Å². The van der Waals surface area contributed by atoms with Gasteiger partial charge < -0.3 is 10.1 Å². The molecule has 194 valence electrons. The smallest absolute Gasteiger partial charge is 0.436 e. The fraction of sp³-hybridized carbons (Fsp3) is 0.292. The van der Waals surface area contributed by atoms with E-state index < -0.39 is 39.9 Å². The van der Waals surface area contributed by atoms with Crippen molar-refractivity contribution in [2.75, 3.05) is 13.7 Å². The van der Waals surface area contributed by atoms with Crippen molar-refractivity contribution in [1.82, 2.24) is 19.7 Å². The van der Waals surface area contributed by atoms with Gasteiger partial charge in [-0.15, -0.1) is 4.59 Å². The second kappa shape index (κ2) is 10.2. The zero-order chi connectivity index (χ0) is 27.0. The summed E-state index contributed by atoms with van der Waals surface area (Å²) in [5.74, 6) is -1.78. The van der Waals surface area contributed by atoms with Gasteiger partial charge in [-0.1, -0.05) is 29.2 Å². The number of esters is 1. The number of nitroso groups, excluding NO2 is 1. The Kier molecular flexibility index (Phi) is 7.37. The standard InChI is InChI=1S/C24H21F3IN5O4/c1-14(16-6-8-17(9-7-16)23(35)37-2)29-21(34)19-20(24(25,26)27)30-32-10-11-33(31-36,22(19)32)13-15-4-3-5-18(28)12-15/h3-9,12,14H,10-11,13H2,1-2H3/p+1/t14-,33?/m0/s1. The number of hydrogen-bond acceptors (Lipinski definition) is 6. The van der Waals surface area contributed by atoms with E-state index in [-0.39, 0.29) is 31.0 Å². The van der Waals surface area contributed by atoms with Crippen LogP contribution in [0.1, 0.15) is 50.5 Å². The van der Waals surface area contributed by atoms with Crippen LogP contribution in [0.5, 0.6) is 0 Å². The molecule has 1 amide bonds. The van der Waals surface area contributed by atoms with Gasteiger partial charge in [0.25, 0.3) is 11.7 Å². The largest absolute Gasteiger partial charge is 0.465 e. The number of halogens is 4. The number of aromatic nitrogens is 2. The van der Waals surface area contributed by atoms with E-state index in [1.54, 1.807) is 37.3 Å². The van der Waals surface area contributed by atoms with E-state index in [2.05, 4.69) is 43.0 Å². The third-order valence-electron chi connectivity index (χ3n) is 6.17. The van der Waals surface area contributed by atoms with Gasteiger partial charge in [0, 0.05) is 9.13 Å². The Morgan fingerprint density at radius 1 is 1.24 bits per heavy atom. The Balaban J connectivity index is 1.71. The maximum atomic E-state index is 14.0. The summed E-state index contributed by atoms with van der Waals surface area (Å²) in [5, 5.41) is 9.47. The number of nitrogens with one attached hydrogen (secondary N) is 1. The maximum Gasteiger partial charge on any atom is 0.436 e. The Morgan fingerprint density at radius 2 is 1.95 bits per heavy atom. The molecular weight excluding hydrogens is 606 g/mol. The molecule has 4 rings (SSSR count). The monoisotopic (exact) mass is 628 g/mol. The second-order valence-electron chi connectivity index (χ2n) is 8.59. The number of fused-ring (bicyclic) bond motifs is 1. The van der Waals surface area contributed by atoms with Gasteiger partial charge in [0.2, 0.25) is 0 Å². The molecule has 9 nitrogen and oxygen atoms in total. The van der Waals surface area contributed by atoms with Gasteiger partial charge in [-0.2, -0.15) is 18.3 Å². The SMILES string of the molecule is COC(=O)c1ccc([C@H](C)NC(=O)c2c(C(F)(F)F)nn3c2[N+](Cc2cccc(I)c2)(N=O)CC3)cc1. The van der Waals surface area contributed by atoms with Gasteiger partial charge in [0.1, 0.15) is 13.1 Å². The van der Waals surface area contributed by atoms with Gasteiger partial charge >= 0.3 is 12.1 Å². The summed E-state index contributed by atoms with van der Waals surface area (Å²) in [7, 11) is 1.24. The lowest BCUT2D eigenvalue weighted by Gasteiger charge is -2.23. The number of quaternary nitrogens is 1. The first kappa shape index (κ1) is 26.7. The molecule has 0 saturated heterocycles. The number of methoxy groups -OCH3 is 1. The Hall–Kier alpha value is -3.33. The minimum absolute atomic E-state index is 0.00803. The van der Waals surface area contributed by atoms with Crippen molar-refractivity contribution in [2.24, 2.45) is 5.29 Å². The van der Waals surface area contributed by atoms with Crippen LogP contribution in [0, 0.1) is 8.48 Å². The van der Waals surface area contributed by atoms with Crippen molar-refractivity contribution in [3.63, 3.8) is 0 Å². The predicted molar refractivity (Wildman–Crippen MR) is 136 cm³/mol. The van der Waals surface area contributed by atoms with Crippen LogP contribution in [0.3, 0.4) is 0 Å². The Bertz CT molecular complexity index is 1360. The van der Waals surface area contributed by atoms with Gasteiger partial charge in [-0.3, -0.25) is 4.79 Å². The van der Waals surface area contributed by atoms with Crippen LogP contribution in [0.15, 0.2) is 53.8 Å². The molecule has 2 heterocycles. The average molecular weight is 628 g/mol. The average Bonchev–Trinajstić information content (AvgIpc) is 3.42. The number of ether oxygens (including phenoxy) is 1. The van der Waals surface area contributed by atoms with Gasteiger partial charge in [0.05, 0.1) is 25.3 Å². The molecule has 1 aliphatic heterocycles. The minimum atomic E-state index is -4.93. The summed E-state index contributed by atoms with van der Waals surface area (Å²) < 4.78 is 47.8. The molecule has 2 atom stereocenters. The third-order valence-corrected chi connectivity index (χ3v) is 6.84. The van der Waals surface area contributed by atoms with Crippen LogP contribution >= 0.6 is 22.6 Å². The molecule has 1 aliphatic rings. The number of carbonyl (C=O) groups is 2. The summed E-state index contributed by atoms with van der Waals surface area (Å²) in [6, 6.07) is 12.5. The summed E-state index contributed by atoms with van der Waals surface area (Å²) >= 11 is 2.10. The van der Waals surface area contributed by atoms with Crippen LogP contribution in [0.25, 0.3) is 0 Å². The number of hydrogen-bond donors (Lipinski definition) is 1. The predicted octanol–water partition coefficient (Wildman–Crippen LogP) is 4.99. The molecule has 0 saturated carbocycles. The number of carbonyl (C=O) groups excluding carboxylic acids is 2.